The van der Waals surface area contributed by atoms with Gasteiger partial charge in [0, 0.05) is 37.0 Å². The van der Waals surface area contributed by atoms with E-state index in [1.807, 2.05) is 13.8 Å². The minimum absolute atomic E-state index is 0.0789. The largest absolute Gasteiger partial charge is 0.357 e. The molecule has 0 fully saturated rings. The van der Waals surface area contributed by atoms with Gasteiger partial charge >= 0.3 is 5.69 Å². The van der Waals surface area contributed by atoms with Crippen molar-refractivity contribution in [3.8, 4) is 0 Å². The second-order valence-corrected chi connectivity index (χ2v) is 6.08. The fraction of sp³-hybridized carbons (Fsp3) is 0.250. The summed E-state index contributed by atoms with van der Waals surface area (Å²) in [4.78, 5) is 35.2. The van der Waals surface area contributed by atoms with E-state index in [4.69, 9.17) is 0 Å². The number of fused-ring (bicyclic) bond motifs is 1. The van der Waals surface area contributed by atoms with Crippen LogP contribution in [0.25, 0.3) is 10.9 Å². The van der Waals surface area contributed by atoms with Crippen molar-refractivity contribution in [1.29, 1.82) is 0 Å². The SMILES string of the molecule is Cn1c(=O)nc(NC(C)(C)c2ncccn2)c2cc([N+](=O)[O-])ccc21. The number of rotatable bonds is 4. The lowest BCUT2D eigenvalue weighted by atomic mass is 10.0. The van der Waals surface area contributed by atoms with E-state index in [0.717, 1.165) is 0 Å². The zero-order valence-electron chi connectivity index (χ0n) is 13.9. The number of hydrogen-bond donors (Lipinski definition) is 1. The molecule has 1 aromatic carbocycles. The Balaban J connectivity index is 2.18. The fourth-order valence-electron chi connectivity index (χ4n) is 2.52. The Hall–Kier alpha value is -3.36. The average molecular weight is 340 g/mol. The van der Waals surface area contributed by atoms with Gasteiger partial charge in [0.1, 0.15) is 5.82 Å². The first kappa shape index (κ1) is 16.5. The van der Waals surface area contributed by atoms with Crippen molar-refractivity contribution in [1.82, 2.24) is 19.5 Å². The smallest absolute Gasteiger partial charge is 0.349 e. The summed E-state index contributed by atoms with van der Waals surface area (Å²) in [7, 11) is 1.57. The third-order valence-electron chi connectivity index (χ3n) is 3.86. The van der Waals surface area contributed by atoms with E-state index < -0.39 is 16.2 Å². The molecule has 25 heavy (non-hydrogen) atoms. The van der Waals surface area contributed by atoms with Crippen LogP contribution in [0.4, 0.5) is 11.5 Å². The van der Waals surface area contributed by atoms with Crippen LogP contribution in [0.5, 0.6) is 0 Å². The molecule has 2 heterocycles. The zero-order chi connectivity index (χ0) is 18.2. The quantitative estimate of drug-likeness (QED) is 0.570. The van der Waals surface area contributed by atoms with Gasteiger partial charge in [0.15, 0.2) is 5.82 Å². The van der Waals surface area contributed by atoms with Crippen molar-refractivity contribution in [3.05, 3.63) is 63.1 Å². The third kappa shape index (κ3) is 3.03. The number of hydrogen-bond acceptors (Lipinski definition) is 7. The van der Waals surface area contributed by atoms with Crippen LogP contribution in [0.15, 0.2) is 41.5 Å². The Labute approximate surface area is 142 Å². The molecule has 0 atom stereocenters. The number of anilines is 1. The van der Waals surface area contributed by atoms with Gasteiger partial charge in [-0.05, 0) is 26.0 Å². The van der Waals surface area contributed by atoms with E-state index in [-0.39, 0.29) is 11.5 Å². The van der Waals surface area contributed by atoms with E-state index >= 15 is 0 Å². The highest BCUT2D eigenvalue weighted by Gasteiger charge is 2.25. The molecule has 1 N–H and O–H groups in total. The first-order valence-corrected chi connectivity index (χ1v) is 7.50. The number of aryl methyl sites for hydroxylation is 1. The molecule has 0 radical (unpaired) electrons. The predicted molar refractivity (Wildman–Crippen MR) is 92.3 cm³/mol. The van der Waals surface area contributed by atoms with E-state index in [9.17, 15) is 14.9 Å². The van der Waals surface area contributed by atoms with Crippen LogP contribution in [0.3, 0.4) is 0 Å². The number of nitrogens with zero attached hydrogens (tertiary/aromatic N) is 5. The molecule has 0 bridgehead atoms. The Morgan fingerprint density at radius 2 is 1.92 bits per heavy atom. The molecular weight excluding hydrogens is 324 g/mol. The molecule has 0 saturated heterocycles. The van der Waals surface area contributed by atoms with E-state index in [0.29, 0.717) is 16.7 Å². The van der Waals surface area contributed by atoms with Gasteiger partial charge in [-0.3, -0.25) is 14.7 Å². The molecule has 128 valence electrons. The number of nitrogens with one attached hydrogen (secondary N) is 1. The zero-order valence-corrected chi connectivity index (χ0v) is 13.9. The summed E-state index contributed by atoms with van der Waals surface area (Å²) >= 11 is 0. The van der Waals surface area contributed by atoms with Gasteiger partial charge in [0.25, 0.3) is 5.69 Å². The second-order valence-electron chi connectivity index (χ2n) is 6.08. The maximum Gasteiger partial charge on any atom is 0.349 e. The Bertz CT molecular complexity index is 1010. The summed E-state index contributed by atoms with van der Waals surface area (Å²) in [5.41, 5.74) is -0.741. The number of nitro groups is 1. The van der Waals surface area contributed by atoms with Crippen LogP contribution in [-0.2, 0) is 12.6 Å². The highest BCUT2D eigenvalue weighted by atomic mass is 16.6. The van der Waals surface area contributed by atoms with Gasteiger partial charge in [0.2, 0.25) is 0 Å². The molecule has 0 aliphatic heterocycles. The topological polar surface area (TPSA) is 116 Å². The minimum atomic E-state index is -0.738. The number of benzene rings is 1. The lowest BCUT2D eigenvalue weighted by Gasteiger charge is -2.25. The van der Waals surface area contributed by atoms with Gasteiger partial charge in [-0.2, -0.15) is 4.98 Å². The monoisotopic (exact) mass is 340 g/mol. The van der Waals surface area contributed by atoms with Crippen molar-refractivity contribution in [2.45, 2.75) is 19.4 Å². The Kier molecular flexibility index (Phi) is 3.91. The predicted octanol–water partition coefficient (Wildman–Crippen LogP) is 1.98. The third-order valence-corrected chi connectivity index (χ3v) is 3.86. The summed E-state index contributed by atoms with van der Waals surface area (Å²) in [5.74, 6) is 0.760. The highest BCUT2D eigenvalue weighted by Crippen LogP contribution is 2.28. The number of non-ortho nitro benzene ring substituents is 1. The molecule has 0 aliphatic rings. The van der Waals surface area contributed by atoms with Gasteiger partial charge in [-0.1, -0.05) is 0 Å². The molecule has 0 aliphatic carbocycles. The van der Waals surface area contributed by atoms with Gasteiger partial charge < -0.3 is 5.32 Å². The molecule has 0 saturated carbocycles. The van der Waals surface area contributed by atoms with Crippen molar-refractivity contribution in [3.63, 3.8) is 0 Å². The molecule has 0 unspecified atom stereocenters. The Morgan fingerprint density at radius 1 is 1.24 bits per heavy atom. The summed E-state index contributed by atoms with van der Waals surface area (Å²) in [6.45, 7) is 3.68. The van der Waals surface area contributed by atoms with Crippen molar-refractivity contribution in [2.75, 3.05) is 5.32 Å². The van der Waals surface area contributed by atoms with Crippen LogP contribution in [-0.4, -0.2) is 24.4 Å². The van der Waals surface area contributed by atoms with Crippen molar-refractivity contribution < 1.29 is 4.92 Å². The summed E-state index contributed by atoms with van der Waals surface area (Å²) in [6.07, 6.45) is 3.23. The molecule has 3 aromatic rings. The van der Waals surface area contributed by atoms with E-state index in [2.05, 4.69) is 20.3 Å². The molecule has 9 nitrogen and oxygen atoms in total. The van der Waals surface area contributed by atoms with Crippen LogP contribution in [0.1, 0.15) is 19.7 Å². The van der Waals surface area contributed by atoms with E-state index in [1.165, 1.54) is 22.8 Å². The average Bonchev–Trinajstić information content (AvgIpc) is 2.59. The second kappa shape index (κ2) is 5.93. The summed E-state index contributed by atoms with van der Waals surface area (Å²) < 4.78 is 1.34. The maximum atomic E-state index is 12.1. The summed E-state index contributed by atoms with van der Waals surface area (Å²) in [6, 6.07) is 5.99. The molecule has 3 rings (SSSR count). The summed E-state index contributed by atoms with van der Waals surface area (Å²) in [5, 5.41) is 14.7. The van der Waals surface area contributed by atoms with Crippen LogP contribution >= 0.6 is 0 Å². The number of nitro benzene ring substituents is 1. The van der Waals surface area contributed by atoms with Crippen LogP contribution in [0.2, 0.25) is 0 Å². The minimum Gasteiger partial charge on any atom is -0.357 e. The lowest BCUT2D eigenvalue weighted by molar-refractivity contribution is -0.384. The van der Waals surface area contributed by atoms with Crippen molar-refractivity contribution in [2.24, 2.45) is 7.05 Å². The molecule has 2 aromatic heterocycles. The molecular formula is C16H16N6O3. The van der Waals surface area contributed by atoms with E-state index in [1.54, 1.807) is 25.5 Å². The Morgan fingerprint density at radius 3 is 2.56 bits per heavy atom. The first-order valence-electron chi connectivity index (χ1n) is 7.50. The first-order chi connectivity index (χ1) is 11.8. The van der Waals surface area contributed by atoms with Gasteiger partial charge in [0.05, 0.1) is 16.0 Å². The molecule has 9 heteroatoms. The van der Waals surface area contributed by atoms with Crippen LogP contribution < -0.4 is 11.0 Å². The number of aromatic nitrogens is 4. The van der Waals surface area contributed by atoms with Gasteiger partial charge in [-0.15, -0.1) is 0 Å². The molecule has 0 spiro atoms. The maximum absolute atomic E-state index is 12.1. The lowest BCUT2D eigenvalue weighted by Crippen LogP contribution is -2.33. The van der Waals surface area contributed by atoms with Gasteiger partial charge in [-0.25, -0.2) is 14.8 Å². The normalized spacial score (nSPS) is 11.5. The fourth-order valence-corrected chi connectivity index (χ4v) is 2.52. The van der Waals surface area contributed by atoms with Crippen molar-refractivity contribution >= 4 is 22.4 Å². The standard InChI is InChI=1S/C16H16N6O3/c1-16(2,14-17-7-4-8-18-14)20-13-11-9-10(22(24)25)5-6-12(11)21(3)15(23)19-13/h4-9H,1-3H3,(H,19,20,23). The molecule has 0 amide bonds. The van der Waals surface area contributed by atoms with Crippen LogP contribution in [0, 0.1) is 10.1 Å². The highest BCUT2D eigenvalue weighted by molar-refractivity contribution is 5.91.